The van der Waals surface area contributed by atoms with Crippen LogP contribution in [0.2, 0.25) is 0 Å². The number of benzene rings is 2. The Labute approximate surface area is 169 Å². The molecule has 146 valence electrons. The quantitative estimate of drug-likeness (QED) is 0.725. The van der Waals surface area contributed by atoms with Gasteiger partial charge in [0.05, 0.1) is 11.3 Å². The number of hydrogen-bond acceptors (Lipinski definition) is 4. The van der Waals surface area contributed by atoms with Crippen molar-refractivity contribution in [1.29, 1.82) is 0 Å². The van der Waals surface area contributed by atoms with Crippen molar-refractivity contribution in [2.24, 2.45) is 0 Å². The molecule has 1 atom stereocenters. The van der Waals surface area contributed by atoms with E-state index in [1.54, 1.807) is 42.3 Å². The Morgan fingerprint density at radius 1 is 1.14 bits per heavy atom. The molecule has 0 bridgehead atoms. The molecule has 1 unspecified atom stereocenters. The largest absolute Gasteiger partial charge is 0.479 e. The highest BCUT2D eigenvalue weighted by Crippen LogP contribution is 2.36. The van der Waals surface area contributed by atoms with Crippen LogP contribution in [0.4, 0.5) is 11.4 Å². The van der Waals surface area contributed by atoms with E-state index in [-0.39, 0.29) is 11.8 Å². The van der Waals surface area contributed by atoms with Crippen molar-refractivity contribution in [3.8, 4) is 5.75 Å². The maximum absolute atomic E-state index is 12.7. The van der Waals surface area contributed by atoms with E-state index in [0.717, 1.165) is 6.42 Å². The minimum atomic E-state index is -0.581. The minimum absolute atomic E-state index is 0.0689. The summed E-state index contributed by atoms with van der Waals surface area (Å²) < 4.78 is 5.80. The second-order valence-corrected chi connectivity index (χ2v) is 6.86. The molecule has 2 heterocycles. The molecule has 2 aromatic carbocycles. The summed E-state index contributed by atoms with van der Waals surface area (Å²) in [6.07, 6.45) is 3.29. The Hall–Kier alpha value is -3.67. The maximum Gasteiger partial charge on any atom is 0.267 e. The Bertz CT molecular complexity index is 1020. The van der Waals surface area contributed by atoms with Crippen molar-refractivity contribution in [1.82, 2.24) is 4.98 Å². The van der Waals surface area contributed by atoms with Crippen molar-refractivity contribution >= 4 is 23.2 Å². The van der Waals surface area contributed by atoms with Crippen LogP contribution < -0.4 is 15.0 Å². The van der Waals surface area contributed by atoms with Gasteiger partial charge in [-0.2, -0.15) is 0 Å². The van der Waals surface area contributed by atoms with E-state index in [9.17, 15) is 9.59 Å². The van der Waals surface area contributed by atoms with Gasteiger partial charge >= 0.3 is 0 Å². The summed E-state index contributed by atoms with van der Waals surface area (Å²) in [5.74, 6) is 0.258. The number of nitrogens with one attached hydrogen (secondary N) is 1. The molecular weight excluding hydrogens is 366 g/mol. The maximum atomic E-state index is 12.7. The fourth-order valence-corrected chi connectivity index (χ4v) is 3.30. The molecule has 6 nitrogen and oxygen atoms in total. The average molecular weight is 387 g/mol. The first-order valence-electron chi connectivity index (χ1n) is 9.49. The molecule has 0 saturated heterocycles. The van der Waals surface area contributed by atoms with E-state index in [4.69, 9.17) is 4.74 Å². The standard InChI is InChI=1S/C23H21N3O3/c1-16-23(28)26(13-11-17-6-3-2-4-7-17)20-10-9-19(14-21(20)29-16)25-22(27)18-8-5-12-24-15-18/h2-10,12,14-16H,11,13H2,1H3,(H,25,27). The lowest BCUT2D eigenvalue weighted by molar-refractivity contribution is -0.125. The highest BCUT2D eigenvalue weighted by Gasteiger charge is 2.31. The molecule has 0 fully saturated rings. The topological polar surface area (TPSA) is 71.5 Å². The zero-order chi connectivity index (χ0) is 20.2. The van der Waals surface area contributed by atoms with Gasteiger partial charge in [0, 0.05) is 30.7 Å². The van der Waals surface area contributed by atoms with Gasteiger partial charge in [0.1, 0.15) is 5.75 Å². The van der Waals surface area contributed by atoms with Crippen LogP contribution in [0.1, 0.15) is 22.8 Å². The first-order valence-corrected chi connectivity index (χ1v) is 9.49. The summed E-state index contributed by atoms with van der Waals surface area (Å²) in [5, 5.41) is 2.84. The molecule has 4 rings (SSSR count). The van der Waals surface area contributed by atoms with Crippen LogP contribution in [-0.2, 0) is 11.2 Å². The number of pyridine rings is 1. The Balaban J connectivity index is 1.54. The summed E-state index contributed by atoms with van der Waals surface area (Å²) in [5.41, 5.74) is 2.95. The van der Waals surface area contributed by atoms with E-state index >= 15 is 0 Å². The number of ether oxygens (including phenoxy) is 1. The third-order valence-corrected chi connectivity index (χ3v) is 4.82. The van der Waals surface area contributed by atoms with Gasteiger partial charge in [-0.15, -0.1) is 0 Å². The van der Waals surface area contributed by atoms with Crippen LogP contribution >= 0.6 is 0 Å². The van der Waals surface area contributed by atoms with Crippen molar-refractivity contribution < 1.29 is 14.3 Å². The smallest absolute Gasteiger partial charge is 0.267 e. The van der Waals surface area contributed by atoms with E-state index in [1.807, 2.05) is 36.4 Å². The summed E-state index contributed by atoms with van der Waals surface area (Å²) in [7, 11) is 0. The molecule has 3 aromatic rings. The van der Waals surface area contributed by atoms with Crippen LogP contribution in [0.5, 0.6) is 5.75 Å². The zero-order valence-corrected chi connectivity index (χ0v) is 16.0. The van der Waals surface area contributed by atoms with Crippen molar-refractivity contribution in [3.63, 3.8) is 0 Å². The summed E-state index contributed by atoms with van der Waals surface area (Å²) in [6, 6.07) is 18.8. The zero-order valence-electron chi connectivity index (χ0n) is 16.0. The summed E-state index contributed by atoms with van der Waals surface area (Å²) >= 11 is 0. The van der Waals surface area contributed by atoms with Crippen molar-refractivity contribution in [3.05, 3.63) is 84.2 Å². The lowest BCUT2D eigenvalue weighted by atomic mass is 10.1. The second kappa shape index (κ2) is 8.14. The molecule has 29 heavy (non-hydrogen) atoms. The lowest BCUT2D eigenvalue weighted by Crippen LogP contribution is -2.45. The van der Waals surface area contributed by atoms with Gasteiger partial charge in [0.2, 0.25) is 0 Å². The molecule has 0 saturated carbocycles. The normalized spacial score (nSPS) is 15.4. The number of aromatic nitrogens is 1. The number of fused-ring (bicyclic) bond motifs is 1. The van der Waals surface area contributed by atoms with Gasteiger partial charge in [-0.05, 0) is 43.2 Å². The van der Waals surface area contributed by atoms with Gasteiger partial charge in [0.15, 0.2) is 6.10 Å². The third-order valence-electron chi connectivity index (χ3n) is 4.82. The summed E-state index contributed by atoms with van der Waals surface area (Å²) in [6.45, 7) is 2.30. The van der Waals surface area contributed by atoms with Crippen LogP contribution in [0.3, 0.4) is 0 Å². The highest BCUT2D eigenvalue weighted by molar-refractivity contribution is 6.05. The number of rotatable bonds is 5. The Morgan fingerprint density at radius 3 is 2.72 bits per heavy atom. The molecule has 1 aliphatic rings. The predicted molar refractivity (Wildman–Crippen MR) is 111 cm³/mol. The fraction of sp³-hybridized carbons (Fsp3) is 0.174. The van der Waals surface area contributed by atoms with E-state index in [1.165, 1.54) is 11.8 Å². The molecule has 0 aliphatic carbocycles. The average Bonchev–Trinajstić information content (AvgIpc) is 2.75. The first kappa shape index (κ1) is 18.7. The van der Waals surface area contributed by atoms with Gasteiger partial charge in [-0.1, -0.05) is 30.3 Å². The monoisotopic (exact) mass is 387 g/mol. The third kappa shape index (κ3) is 4.11. The second-order valence-electron chi connectivity index (χ2n) is 6.86. The van der Waals surface area contributed by atoms with Crippen LogP contribution in [-0.4, -0.2) is 29.4 Å². The molecule has 6 heteroatoms. The van der Waals surface area contributed by atoms with E-state index in [2.05, 4.69) is 10.3 Å². The molecule has 1 aliphatic heterocycles. The Morgan fingerprint density at radius 2 is 1.97 bits per heavy atom. The number of carbonyl (C=O) groups excluding carboxylic acids is 2. The van der Waals surface area contributed by atoms with Gasteiger partial charge < -0.3 is 15.0 Å². The fourth-order valence-electron chi connectivity index (χ4n) is 3.30. The highest BCUT2D eigenvalue weighted by atomic mass is 16.5. The van der Waals surface area contributed by atoms with Crippen LogP contribution in [0.25, 0.3) is 0 Å². The van der Waals surface area contributed by atoms with Gasteiger partial charge in [-0.3, -0.25) is 14.6 Å². The van der Waals surface area contributed by atoms with Crippen LogP contribution in [0, 0.1) is 0 Å². The SMILES string of the molecule is CC1Oc2cc(NC(=O)c3cccnc3)ccc2N(CCc2ccccc2)C1=O. The van der Waals surface area contributed by atoms with E-state index in [0.29, 0.717) is 29.2 Å². The molecule has 0 spiro atoms. The molecule has 1 N–H and O–H groups in total. The van der Waals surface area contributed by atoms with Crippen molar-refractivity contribution in [2.75, 3.05) is 16.8 Å². The van der Waals surface area contributed by atoms with Crippen molar-refractivity contribution in [2.45, 2.75) is 19.4 Å². The number of carbonyl (C=O) groups is 2. The number of anilines is 2. The molecular formula is C23H21N3O3. The molecule has 2 amide bonds. The molecule has 1 aromatic heterocycles. The summed E-state index contributed by atoms with van der Waals surface area (Å²) in [4.78, 5) is 30.8. The predicted octanol–water partition coefficient (Wildman–Crippen LogP) is 3.69. The number of amides is 2. The number of nitrogens with zero attached hydrogens (tertiary/aromatic N) is 2. The van der Waals surface area contributed by atoms with Gasteiger partial charge in [0.25, 0.3) is 11.8 Å². The minimum Gasteiger partial charge on any atom is -0.479 e. The molecule has 0 radical (unpaired) electrons. The first-order chi connectivity index (χ1) is 14.1. The van der Waals surface area contributed by atoms with Crippen LogP contribution in [0.15, 0.2) is 73.1 Å². The lowest BCUT2D eigenvalue weighted by Gasteiger charge is -2.33. The van der Waals surface area contributed by atoms with Gasteiger partial charge in [-0.25, -0.2) is 0 Å². The van der Waals surface area contributed by atoms with E-state index < -0.39 is 6.10 Å². The Kier molecular flexibility index (Phi) is 5.24. The number of hydrogen-bond donors (Lipinski definition) is 1.